The fourth-order valence-electron chi connectivity index (χ4n) is 1.49. The highest BCUT2D eigenvalue weighted by atomic mass is 16.4. The minimum atomic E-state index is -0.154. The normalized spacial score (nSPS) is 12.7. The van der Waals surface area contributed by atoms with Gasteiger partial charge in [0.1, 0.15) is 0 Å². The van der Waals surface area contributed by atoms with Crippen LogP contribution in [0.3, 0.4) is 0 Å². The lowest BCUT2D eigenvalue weighted by atomic mass is 9.80. The molecular weight excluding hydrogens is 171 g/mol. The van der Waals surface area contributed by atoms with Gasteiger partial charge in [0.05, 0.1) is 5.76 Å². The molecule has 1 nitrogen and oxygen atoms in total. The first kappa shape index (κ1) is 13.3. The van der Waals surface area contributed by atoms with Crippen LogP contribution < -0.4 is 0 Å². The Kier molecular flexibility index (Phi) is 5.67. The molecule has 2 heteroatoms. The second-order valence-electron chi connectivity index (χ2n) is 4.04. The predicted molar refractivity (Wildman–Crippen MR) is 63.0 cm³/mol. The van der Waals surface area contributed by atoms with Crippen LogP contribution in [0.5, 0.6) is 0 Å². The summed E-state index contributed by atoms with van der Waals surface area (Å²) in [4.78, 5) is 0. The third-order valence-electron chi connectivity index (χ3n) is 2.70. The zero-order valence-electron chi connectivity index (χ0n) is 9.89. The summed E-state index contributed by atoms with van der Waals surface area (Å²) in [5.41, 5.74) is 1.19. The molecule has 0 amide bonds. The molecule has 0 aromatic rings. The van der Waals surface area contributed by atoms with Crippen LogP contribution in [0.15, 0.2) is 24.0 Å². The molecule has 0 aromatic carbocycles. The average Bonchev–Trinajstić information content (AvgIpc) is 2.17. The molecule has 0 fully saturated rings. The molecule has 0 aliphatic heterocycles. The van der Waals surface area contributed by atoms with Crippen molar-refractivity contribution in [2.24, 2.45) is 5.41 Å². The van der Waals surface area contributed by atoms with E-state index in [2.05, 4.69) is 40.3 Å². The Labute approximate surface area is 89.7 Å². The summed E-state index contributed by atoms with van der Waals surface area (Å²) in [6, 6.07) is 0. The summed E-state index contributed by atoms with van der Waals surface area (Å²) in [5.74, 6) is 0.627. The van der Waals surface area contributed by atoms with Crippen molar-refractivity contribution in [2.45, 2.75) is 47.0 Å². The van der Waals surface area contributed by atoms with Crippen molar-refractivity contribution in [3.8, 4) is 0 Å². The Morgan fingerprint density at radius 3 is 2.36 bits per heavy atom. The van der Waals surface area contributed by atoms with E-state index in [1.54, 1.807) is 0 Å². The minimum absolute atomic E-state index is 0.154. The van der Waals surface area contributed by atoms with Crippen molar-refractivity contribution in [3.63, 3.8) is 0 Å². The summed E-state index contributed by atoms with van der Waals surface area (Å²) in [6.45, 7) is 12.3. The standard InChI is InChI=1S/C12H21BO/c1-6-8-9-11(7-2)12(4,5)10(3)14-13/h9H,3,6-8H2,1-2,4-5H3/b11-9+. The highest BCUT2D eigenvalue weighted by Gasteiger charge is 2.25. The van der Waals surface area contributed by atoms with Gasteiger partial charge in [-0.05, 0) is 26.7 Å². The fourth-order valence-corrected chi connectivity index (χ4v) is 1.49. The van der Waals surface area contributed by atoms with E-state index in [0.29, 0.717) is 5.76 Å². The van der Waals surface area contributed by atoms with Crippen LogP contribution in [0, 0.1) is 5.41 Å². The van der Waals surface area contributed by atoms with Gasteiger partial charge in [-0.15, -0.1) is 0 Å². The number of unbranched alkanes of at least 4 members (excludes halogenated alkanes) is 1. The van der Waals surface area contributed by atoms with Crippen molar-refractivity contribution in [1.29, 1.82) is 0 Å². The maximum Gasteiger partial charge on any atom is 0.373 e. The molecule has 0 rings (SSSR count). The fraction of sp³-hybridized carbons (Fsp3) is 0.667. The van der Waals surface area contributed by atoms with E-state index in [1.807, 2.05) is 0 Å². The molecule has 0 aromatic heterocycles. The Balaban J connectivity index is 4.73. The third kappa shape index (κ3) is 3.24. The number of allylic oxidation sites excluding steroid dienone is 2. The zero-order valence-corrected chi connectivity index (χ0v) is 9.89. The smallest absolute Gasteiger partial charge is 0.373 e. The van der Waals surface area contributed by atoms with E-state index in [0.717, 1.165) is 19.3 Å². The third-order valence-corrected chi connectivity index (χ3v) is 2.70. The van der Waals surface area contributed by atoms with Crippen LogP contribution in [-0.4, -0.2) is 8.05 Å². The Morgan fingerprint density at radius 1 is 1.43 bits per heavy atom. The van der Waals surface area contributed by atoms with E-state index in [1.165, 1.54) is 5.57 Å². The van der Waals surface area contributed by atoms with Crippen molar-refractivity contribution < 1.29 is 4.65 Å². The van der Waals surface area contributed by atoms with E-state index >= 15 is 0 Å². The topological polar surface area (TPSA) is 9.23 Å². The predicted octanol–water partition coefficient (Wildman–Crippen LogP) is 3.76. The van der Waals surface area contributed by atoms with Gasteiger partial charge in [-0.3, -0.25) is 0 Å². The van der Waals surface area contributed by atoms with Crippen LogP contribution in [0.4, 0.5) is 0 Å². The van der Waals surface area contributed by atoms with E-state index in [9.17, 15) is 0 Å². The lowest BCUT2D eigenvalue weighted by molar-refractivity contribution is 0.326. The lowest BCUT2D eigenvalue weighted by Crippen LogP contribution is -2.18. The van der Waals surface area contributed by atoms with Crippen LogP contribution in [-0.2, 0) is 4.65 Å². The zero-order chi connectivity index (χ0) is 11.2. The molecule has 0 saturated heterocycles. The van der Waals surface area contributed by atoms with Crippen molar-refractivity contribution in [2.75, 3.05) is 0 Å². The maximum atomic E-state index is 5.15. The van der Waals surface area contributed by atoms with Gasteiger partial charge in [0.15, 0.2) is 0 Å². The first-order valence-corrected chi connectivity index (χ1v) is 5.26. The SMILES string of the molecule is [B]OC(=C)C(C)(C)/C(=C/CCC)CC. The van der Waals surface area contributed by atoms with Gasteiger partial charge in [-0.2, -0.15) is 0 Å². The van der Waals surface area contributed by atoms with Crippen LogP contribution in [0.1, 0.15) is 47.0 Å². The Bertz CT molecular complexity index is 216. The molecular formula is C12H21BO. The van der Waals surface area contributed by atoms with E-state index < -0.39 is 0 Å². The highest BCUT2D eigenvalue weighted by Crippen LogP contribution is 2.36. The monoisotopic (exact) mass is 192 g/mol. The van der Waals surface area contributed by atoms with Gasteiger partial charge in [0.25, 0.3) is 0 Å². The molecule has 0 N–H and O–H groups in total. The van der Waals surface area contributed by atoms with Gasteiger partial charge in [0.2, 0.25) is 0 Å². The summed E-state index contributed by atoms with van der Waals surface area (Å²) >= 11 is 0. The molecule has 78 valence electrons. The second-order valence-corrected chi connectivity index (χ2v) is 4.04. The second kappa shape index (κ2) is 5.95. The summed E-state index contributed by atoms with van der Waals surface area (Å²) < 4.78 is 4.74. The van der Waals surface area contributed by atoms with Gasteiger partial charge < -0.3 is 4.65 Å². The van der Waals surface area contributed by atoms with Crippen molar-refractivity contribution in [1.82, 2.24) is 0 Å². The molecule has 0 heterocycles. The van der Waals surface area contributed by atoms with Gasteiger partial charge >= 0.3 is 8.05 Å². The van der Waals surface area contributed by atoms with Crippen molar-refractivity contribution >= 4 is 8.05 Å². The molecule has 0 aliphatic rings. The van der Waals surface area contributed by atoms with Crippen molar-refractivity contribution in [3.05, 3.63) is 24.0 Å². The van der Waals surface area contributed by atoms with Crippen LogP contribution in [0.2, 0.25) is 0 Å². The molecule has 0 bridgehead atoms. The van der Waals surface area contributed by atoms with Gasteiger partial charge in [-0.25, -0.2) is 0 Å². The number of rotatable bonds is 6. The quantitative estimate of drug-likeness (QED) is 0.353. The summed E-state index contributed by atoms with van der Waals surface area (Å²) in [7, 11) is 5.15. The number of hydrogen-bond donors (Lipinski definition) is 0. The molecule has 14 heavy (non-hydrogen) atoms. The van der Waals surface area contributed by atoms with Crippen LogP contribution >= 0.6 is 0 Å². The first-order valence-electron chi connectivity index (χ1n) is 5.26. The molecule has 0 atom stereocenters. The van der Waals surface area contributed by atoms with E-state index in [4.69, 9.17) is 12.7 Å². The molecule has 0 saturated carbocycles. The largest absolute Gasteiger partial charge is 0.570 e. The van der Waals surface area contributed by atoms with Gasteiger partial charge in [-0.1, -0.05) is 38.5 Å². The highest BCUT2D eigenvalue weighted by molar-refractivity contribution is 5.98. The Hall–Kier alpha value is -0.655. The molecule has 2 radical (unpaired) electrons. The molecule has 0 spiro atoms. The van der Waals surface area contributed by atoms with Crippen LogP contribution in [0.25, 0.3) is 0 Å². The first-order chi connectivity index (χ1) is 6.50. The maximum absolute atomic E-state index is 5.15. The molecule has 0 unspecified atom stereocenters. The average molecular weight is 192 g/mol. The van der Waals surface area contributed by atoms with E-state index in [-0.39, 0.29) is 5.41 Å². The molecule has 0 aliphatic carbocycles. The Morgan fingerprint density at radius 2 is 2.00 bits per heavy atom. The summed E-state index contributed by atoms with van der Waals surface area (Å²) in [6.07, 6.45) is 5.54. The number of hydrogen-bond acceptors (Lipinski definition) is 1. The minimum Gasteiger partial charge on any atom is -0.570 e. The lowest BCUT2D eigenvalue weighted by Gasteiger charge is -2.29. The summed E-state index contributed by atoms with van der Waals surface area (Å²) in [5, 5.41) is 0. The van der Waals surface area contributed by atoms with Gasteiger partial charge in [0, 0.05) is 5.41 Å².